The lowest BCUT2D eigenvalue weighted by molar-refractivity contribution is 0.261. The molecule has 1 atom stereocenters. The first kappa shape index (κ1) is 12.2. The normalized spacial score (nSPS) is 20.6. The molecular formula is C12H19N7. The molecule has 0 radical (unpaired) electrons. The predicted octanol–water partition coefficient (Wildman–Crippen LogP) is 0.901. The van der Waals surface area contributed by atoms with Gasteiger partial charge in [-0.25, -0.2) is 0 Å². The lowest BCUT2D eigenvalue weighted by Gasteiger charge is -2.30. The Bertz CT molecular complexity index is 564. The molecule has 0 spiro atoms. The van der Waals surface area contributed by atoms with Crippen LogP contribution in [0.5, 0.6) is 0 Å². The first-order valence-electron chi connectivity index (χ1n) is 6.60. The van der Waals surface area contributed by atoms with Gasteiger partial charge in [-0.3, -0.25) is 5.10 Å². The molecule has 1 fully saturated rings. The monoisotopic (exact) mass is 261 g/mol. The Labute approximate surface area is 111 Å². The first-order chi connectivity index (χ1) is 9.26. The molecule has 2 aromatic heterocycles. The highest BCUT2D eigenvalue weighted by molar-refractivity contribution is 5.87. The summed E-state index contributed by atoms with van der Waals surface area (Å²) in [5.74, 6) is 1.45. The molecule has 3 N–H and O–H groups in total. The summed E-state index contributed by atoms with van der Waals surface area (Å²) in [4.78, 5) is 11.2. The Hall–Kier alpha value is -1.89. The van der Waals surface area contributed by atoms with E-state index < -0.39 is 0 Å². The maximum Gasteiger partial charge on any atom is 0.226 e. The van der Waals surface area contributed by atoms with Gasteiger partial charge in [0.2, 0.25) is 5.95 Å². The van der Waals surface area contributed by atoms with Crippen LogP contribution in [-0.4, -0.2) is 58.3 Å². The Morgan fingerprint density at radius 1 is 1.42 bits per heavy atom. The SMILES string of the molecule is CNc1nc(NC2CCCN(C)C2)c2cn[nH]c2n1. The van der Waals surface area contributed by atoms with Crippen molar-refractivity contribution in [2.45, 2.75) is 18.9 Å². The smallest absolute Gasteiger partial charge is 0.226 e. The highest BCUT2D eigenvalue weighted by Crippen LogP contribution is 2.22. The summed E-state index contributed by atoms with van der Waals surface area (Å²) in [7, 11) is 3.97. The first-order valence-corrected chi connectivity index (χ1v) is 6.60. The molecule has 19 heavy (non-hydrogen) atoms. The van der Waals surface area contributed by atoms with Gasteiger partial charge in [0.25, 0.3) is 0 Å². The van der Waals surface area contributed by atoms with Crippen LogP contribution in [0.3, 0.4) is 0 Å². The van der Waals surface area contributed by atoms with Gasteiger partial charge >= 0.3 is 0 Å². The van der Waals surface area contributed by atoms with Gasteiger partial charge in [0.15, 0.2) is 5.65 Å². The van der Waals surface area contributed by atoms with Crippen LogP contribution in [0.4, 0.5) is 11.8 Å². The highest BCUT2D eigenvalue weighted by atomic mass is 15.2. The third-order valence-corrected chi connectivity index (χ3v) is 3.50. The molecular weight excluding hydrogens is 242 g/mol. The van der Waals surface area contributed by atoms with Crippen molar-refractivity contribution in [3.05, 3.63) is 6.20 Å². The molecule has 0 aromatic carbocycles. The van der Waals surface area contributed by atoms with Crippen molar-refractivity contribution in [1.29, 1.82) is 0 Å². The number of H-pyrrole nitrogens is 1. The zero-order chi connectivity index (χ0) is 13.2. The lowest BCUT2D eigenvalue weighted by Crippen LogP contribution is -2.39. The number of aromatic nitrogens is 4. The third-order valence-electron chi connectivity index (χ3n) is 3.50. The van der Waals surface area contributed by atoms with Crippen molar-refractivity contribution < 1.29 is 0 Å². The van der Waals surface area contributed by atoms with Gasteiger partial charge in [0.1, 0.15) is 5.82 Å². The van der Waals surface area contributed by atoms with E-state index in [2.05, 4.69) is 42.7 Å². The van der Waals surface area contributed by atoms with Gasteiger partial charge < -0.3 is 15.5 Å². The fourth-order valence-electron chi connectivity index (χ4n) is 2.53. The van der Waals surface area contributed by atoms with Crippen LogP contribution in [0.2, 0.25) is 0 Å². The number of hydrogen-bond donors (Lipinski definition) is 3. The second kappa shape index (κ2) is 5.00. The highest BCUT2D eigenvalue weighted by Gasteiger charge is 2.19. The Morgan fingerprint density at radius 2 is 2.32 bits per heavy atom. The van der Waals surface area contributed by atoms with Gasteiger partial charge in [-0.05, 0) is 26.4 Å². The number of nitrogens with zero attached hydrogens (tertiary/aromatic N) is 4. The van der Waals surface area contributed by atoms with Crippen LogP contribution >= 0.6 is 0 Å². The fourth-order valence-corrected chi connectivity index (χ4v) is 2.53. The maximum atomic E-state index is 4.50. The van der Waals surface area contributed by atoms with Gasteiger partial charge in [0, 0.05) is 19.6 Å². The number of nitrogens with one attached hydrogen (secondary N) is 3. The number of fused-ring (bicyclic) bond motifs is 1. The molecule has 0 amide bonds. The Morgan fingerprint density at radius 3 is 3.11 bits per heavy atom. The van der Waals surface area contributed by atoms with E-state index in [0.717, 1.165) is 23.4 Å². The largest absolute Gasteiger partial charge is 0.365 e. The molecule has 102 valence electrons. The summed E-state index contributed by atoms with van der Waals surface area (Å²) < 4.78 is 0. The van der Waals surface area contributed by atoms with Crippen molar-refractivity contribution in [2.24, 2.45) is 0 Å². The lowest BCUT2D eigenvalue weighted by atomic mass is 10.1. The molecule has 2 aromatic rings. The van der Waals surface area contributed by atoms with E-state index in [4.69, 9.17) is 0 Å². The summed E-state index contributed by atoms with van der Waals surface area (Å²) in [5.41, 5.74) is 0.756. The number of likely N-dealkylation sites (N-methyl/N-ethyl adjacent to an activating group) is 1. The minimum atomic E-state index is 0.427. The van der Waals surface area contributed by atoms with Crippen LogP contribution < -0.4 is 10.6 Å². The molecule has 0 saturated carbocycles. The quantitative estimate of drug-likeness (QED) is 0.761. The average Bonchev–Trinajstić information content (AvgIpc) is 2.87. The number of anilines is 2. The molecule has 3 heterocycles. The number of piperidine rings is 1. The number of hydrogen-bond acceptors (Lipinski definition) is 6. The summed E-state index contributed by atoms with van der Waals surface area (Å²) in [6.45, 7) is 2.21. The van der Waals surface area contributed by atoms with Gasteiger partial charge in [-0.2, -0.15) is 15.1 Å². The van der Waals surface area contributed by atoms with E-state index in [1.807, 2.05) is 7.05 Å². The topological polar surface area (TPSA) is 81.8 Å². The maximum absolute atomic E-state index is 4.50. The zero-order valence-electron chi connectivity index (χ0n) is 11.3. The Kier molecular flexibility index (Phi) is 3.20. The summed E-state index contributed by atoms with van der Waals surface area (Å²) in [5, 5.41) is 14.4. The fraction of sp³-hybridized carbons (Fsp3) is 0.583. The van der Waals surface area contributed by atoms with E-state index in [-0.39, 0.29) is 0 Å². The van der Waals surface area contributed by atoms with Crippen molar-refractivity contribution >= 4 is 22.8 Å². The average molecular weight is 261 g/mol. The van der Waals surface area contributed by atoms with Gasteiger partial charge in [-0.15, -0.1) is 0 Å². The molecule has 0 bridgehead atoms. The molecule has 1 saturated heterocycles. The van der Waals surface area contributed by atoms with Crippen LogP contribution in [-0.2, 0) is 0 Å². The summed E-state index contributed by atoms with van der Waals surface area (Å²) in [6, 6.07) is 0.427. The van der Waals surface area contributed by atoms with Crippen molar-refractivity contribution in [3.8, 4) is 0 Å². The Balaban J connectivity index is 1.88. The molecule has 7 heteroatoms. The molecule has 0 aliphatic carbocycles. The van der Waals surface area contributed by atoms with E-state index in [1.54, 1.807) is 6.20 Å². The number of aromatic amines is 1. The number of rotatable bonds is 3. The van der Waals surface area contributed by atoms with Crippen LogP contribution in [0.25, 0.3) is 11.0 Å². The van der Waals surface area contributed by atoms with E-state index in [1.165, 1.54) is 19.4 Å². The van der Waals surface area contributed by atoms with Crippen molar-refractivity contribution in [1.82, 2.24) is 25.1 Å². The summed E-state index contributed by atoms with van der Waals surface area (Å²) in [6.07, 6.45) is 4.15. The minimum absolute atomic E-state index is 0.427. The number of likely N-dealkylation sites (tertiary alicyclic amines) is 1. The molecule has 7 nitrogen and oxygen atoms in total. The van der Waals surface area contributed by atoms with E-state index in [9.17, 15) is 0 Å². The molecule has 3 rings (SSSR count). The zero-order valence-corrected chi connectivity index (χ0v) is 11.3. The summed E-state index contributed by atoms with van der Waals surface area (Å²) >= 11 is 0. The van der Waals surface area contributed by atoms with E-state index in [0.29, 0.717) is 12.0 Å². The third kappa shape index (κ3) is 2.46. The minimum Gasteiger partial charge on any atom is -0.365 e. The standard InChI is InChI=1S/C12H19N7/c1-13-12-16-10(9-6-14-18-11(9)17-12)15-8-4-3-5-19(2)7-8/h6,8H,3-5,7H2,1-2H3,(H3,13,14,15,16,17,18). The van der Waals surface area contributed by atoms with Gasteiger partial charge in [0.05, 0.1) is 11.6 Å². The molecule has 1 aliphatic rings. The van der Waals surface area contributed by atoms with E-state index >= 15 is 0 Å². The second-order valence-electron chi connectivity index (χ2n) is 5.02. The van der Waals surface area contributed by atoms with Gasteiger partial charge in [-0.1, -0.05) is 0 Å². The second-order valence-corrected chi connectivity index (χ2v) is 5.02. The predicted molar refractivity (Wildman–Crippen MR) is 75.4 cm³/mol. The van der Waals surface area contributed by atoms with Crippen molar-refractivity contribution in [2.75, 3.05) is 37.8 Å². The molecule has 1 aliphatic heterocycles. The molecule has 1 unspecified atom stereocenters. The van der Waals surface area contributed by atoms with Crippen molar-refractivity contribution in [3.63, 3.8) is 0 Å². The van der Waals surface area contributed by atoms with Crippen LogP contribution in [0, 0.1) is 0 Å². The van der Waals surface area contributed by atoms with Crippen LogP contribution in [0.15, 0.2) is 6.20 Å². The van der Waals surface area contributed by atoms with Crippen LogP contribution in [0.1, 0.15) is 12.8 Å².